The van der Waals surface area contributed by atoms with Crippen molar-refractivity contribution in [1.29, 1.82) is 0 Å². The molecule has 0 spiro atoms. The zero-order valence-electron chi connectivity index (χ0n) is 11.8. The fraction of sp³-hybridized carbons (Fsp3) is 0.438. The summed E-state index contributed by atoms with van der Waals surface area (Å²) in [6, 6.07) is 7.60. The largest absolute Gasteiger partial charge is 0.493 e. The Morgan fingerprint density at radius 1 is 1.15 bits per heavy atom. The number of carboxylic acid groups (broad SMARTS) is 1. The van der Waals surface area contributed by atoms with E-state index in [9.17, 15) is 4.79 Å². The molecular weight excluding hydrogens is 254 g/mol. The third-order valence-electron chi connectivity index (χ3n) is 3.03. The number of hydrogen-bond donors (Lipinski definition) is 2. The molecule has 0 saturated carbocycles. The van der Waals surface area contributed by atoms with Crippen LogP contribution in [0.2, 0.25) is 0 Å². The highest BCUT2D eigenvalue weighted by Crippen LogP contribution is 2.22. The van der Waals surface area contributed by atoms with Crippen LogP contribution in [0.15, 0.2) is 30.8 Å². The molecule has 0 amide bonds. The predicted octanol–water partition coefficient (Wildman–Crippen LogP) is 3.42. The number of carbonyl (C=O) groups is 1. The molecule has 0 saturated heterocycles. The second-order valence-corrected chi connectivity index (χ2v) is 4.78. The molecule has 3 N–H and O–H groups in total. The van der Waals surface area contributed by atoms with E-state index in [-0.39, 0.29) is 6.42 Å². The van der Waals surface area contributed by atoms with Crippen molar-refractivity contribution in [2.75, 3.05) is 6.61 Å². The van der Waals surface area contributed by atoms with Gasteiger partial charge in [-0.25, -0.2) is 0 Å². The molecule has 0 fully saturated rings. The Balaban J connectivity index is 2.15. The Bertz CT molecular complexity index is 443. The lowest BCUT2D eigenvalue weighted by molar-refractivity contribution is -0.137. The summed E-state index contributed by atoms with van der Waals surface area (Å²) in [5.74, 6) is 0.0535. The molecule has 110 valence electrons. The van der Waals surface area contributed by atoms with Gasteiger partial charge in [0.2, 0.25) is 0 Å². The molecule has 0 radical (unpaired) electrons. The molecule has 0 unspecified atom stereocenters. The average molecular weight is 277 g/mol. The molecule has 1 rings (SSSR count). The third-order valence-corrected chi connectivity index (χ3v) is 3.03. The topological polar surface area (TPSA) is 72.5 Å². The molecule has 0 aliphatic rings. The number of unbranched alkanes of at least 4 members (excludes halogenated alkanes) is 4. The van der Waals surface area contributed by atoms with E-state index in [1.807, 2.05) is 24.3 Å². The minimum Gasteiger partial charge on any atom is -0.493 e. The number of carboxylic acids is 1. The van der Waals surface area contributed by atoms with Crippen LogP contribution in [0.1, 0.15) is 44.1 Å². The van der Waals surface area contributed by atoms with E-state index in [2.05, 4.69) is 6.58 Å². The number of aliphatic carboxylic acids is 1. The van der Waals surface area contributed by atoms with Gasteiger partial charge >= 0.3 is 5.97 Å². The van der Waals surface area contributed by atoms with Gasteiger partial charge in [-0.15, -0.1) is 0 Å². The summed E-state index contributed by atoms with van der Waals surface area (Å²) in [6.07, 6.45) is 5.03. The van der Waals surface area contributed by atoms with E-state index in [0.717, 1.165) is 43.4 Å². The van der Waals surface area contributed by atoms with Gasteiger partial charge in [0.15, 0.2) is 0 Å². The lowest BCUT2D eigenvalue weighted by Crippen LogP contribution is -2.02. The van der Waals surface area contributed by atoms with Gasteiger partial charge in [-0.2, -0.15) is 0 Å². The normalized spacial score (nSPS) is 10.2. The van der Waals surface area contributed by atoms with Crippen LogP contribution in [-0.2, 0) is 4.79 Å². The number of ether oxygens (including phenoxy) is 1. The maximum atomic E-state index is 10.3. The first-order valence-corrected chi connectivity index (χ1v) is 6.99. The summed E-state index contributed by atoms with van der Waals surface area (Å²) >= 11 is 0. The highest BCUT2D eigenvalue weighted by Gasteiger charge is 2.03. The van der Waals surface area contributed by atoms with Gasteiger partial charge in [0.05, 0.1) is 6.61 Å². The minimum atomic E-state index is -0.716. The maximum absolute atomic E-state index is 10.3. The number of nitrogens with two attached hydrogens (primary N) is 1. The van der Waals surface area contributed by atoms with Crippen LogP contribution in [0, 0.1) is 0 Å². The van der Waals surface area contributed by atoms with Crippen molar-refractivity contribution >= 4 is 11.7 Å². The lowest BCUT2D eigenvalue weighted by Gasteiger charge is -2.10. The van der Waals surface area contributed by atoms with Crippen LogP contribution >= 0.6 is 0 Å². The summed E-state index contributed by atoms with van der Waals surface area (Å²) in [5.41, 5.74) is 7.05. The molecule has 20 heavy (non-hydrogen) atoms. The van der Waals surface area contributed by atoms with Crippen molar-refractivity contribution in [3.63, 3.8) is 0 Å². The van der Waals surface area contributed by atoms with Gasteiger partial charge < -0.3 is 15.6 Å². The summed E-state index contributed by atoms with van der Waals surface area (Å²) in [5, 5.41) is 8.51. The molecule has 0 aliphatic carbocycles. The molecule has 0 bridgehead atoms. The highest BCUT2D eigenvalue weighted by atomic mass is 16.5. The van der Waals surface area contributed by atoms with Gasteiger partial charge in [0.1, 0.15) is 5.75 Å². The SMILES string of the molecule is C=C(N)c1ccccc1OCCCCCCCC(=O)O. The molecule has 4 nitrogen and oxygen atoms in total. The van der Waals surface area contributed by atoms with Gasteiger partial charge in [0, 0.05) is 17.7 Å². The van der Waals surface area contributed by atoms with Crippen LogP contribution in [0.5, 0.6) is 5.75 Å². The number of hydrogen-bond acceptors (Lipinski definition) is 3. The molecule has 0 aromatic heterocycles. The lowest BCUT2D eigenvalue weighted by atomic mass is 10.1. The van der Waals surface area contributed by atoms with Crippen molar-refractivity contribution < 1.29 is 14.6 Å². The monoisotopic (exact) mass is 277 g/mol. The van der Waals surface area contributed by atoms with E-state index < -0.39 is 5.97 Å². The van der Waals surface area contributed by atoms with E-state index in [4.69, 9.17) is 15.6 Å². The second-order valence-electron chi connectivity index (χ2n) is 4.78. The fourth-order valence-electron chi connectivity index (χ4n) is 1.95. The zero-order chi connectivity index (χ0) is 14.8. The summed E-state index contributed by atoms with van der Waals surface area (Å²) in [6.45, 7) is 4.37. The highest BCUT2D eigenvalue weighted by molar-refractivity contribution is 5.66. The predicted molar refractivity (Wildman–Crippen MR) is 80.5 cm³/mol. The van der Waals surface area contributed by atoms with Crippen LogP contribution in [0.3, 0.4) is 0 Å². The first-order chi connectivity index (χ1) is 9.61. The van der Waals surface area contributed by atoms with Crippen LogP contribution in [-0.4, -0.2) is 17.7 Å². The van der Waals surface area contributed by atoms with Crippen LogP contribution in [0.4, 0.5) is 0 Å². The van der Waals surface area contributed by atoms with Gasteiger partial charge in [-0.05, 0) is 25.0 Å². The van der Waals surface area contributed by atoms with E-state index >= 15 is 0 Å². The third kappa shape index (κ3) is 6.27. The van der Waals surface area contributed by atoms with Crippen LogP contribution in [0.25, 0.3) is 5.70 Å². The van der Waals surface area contributed by atoms with Crippen molar-refractivity contribution in [2.24, 2.45) is 5.73 Å². The molecule has 0 heterocycles. The van der Waals surface area contributed by atoms with E-state index in [0.29, 0.717) is 12.3 Å². The summed E-state index contributed by atoms with van der Waals surface area (Å²) in [4.78, 5) is 10.3. The Morgan fingerprint density at radius 3 is 2.50 bits per heavy atom. The van der Waals surface area contributed by atoms with E-state index in [1.54, 1.807) is 0 Å². The maximum Gasteiger partial charge on any atom is 0.303 e. The van der Waals surface area contributed by atoms with Crippen molar-refractivity contribution in [3.8, 4) is 5.75 Å². The van der Waals surface area contributed by atoms with Gasteiger partial charge in [-0.3, -0.25) is 4.79 Å². The number of benzene rings is 1. The van der Waals surface area contributed by atoms with E-state index in [1.165, 1.54) is 0 Å². The van der Waals surface area contributed by atoms with Crippen LogP contribution < -0.4 is 10.5 Å². The fourth-order valence-corrected chi connectivity index (χ4v) is 1.95. The quantitative estimate of drug-likeness (QED) is 0.643. The van der Waals surface area contributed by atoms with Crippen molar-refractivity contribution in [2.45, 2.75) is 38.5 Å². The second kappa shape index (κ2) is 9.02. The minimum absolute atomic E-state index is 0.266. The Labute approximate surface area is 120 Å². The number of para-hydroxylation sites is 1. The first kappa shape index (κ1) is 16.1. The number of rotatable bonds is 10. The average Bonchev–Trinajstić information content (AvgIpc) is 2.41. The zero-order valence-corrected chi connectivity index (χ0v) is 11.8. The Hall–Kier alpha value is -1.97. The smallest absolute Gasteiger partial charge is 0.303 e. The Kier molecular flexibility index (Phi) is 7.25. The molecule has 4 heteroatoms. The summed E-state index contributed by atoms with van der Waals surface area (Å²) in [7, 11) is 0. The standard InChI is InChI=1S/C16H23NO3/c1-13(17)14-9-6-7-10-15(14)20-12-8-4-2-3-5-11-16(18)19/h6-7,9-10H,1-5,8,11-12,17H2,(H,18,19). The molecular formula is C16H23NO3. The summed E-state index contributed by atoms with van der Waals surface area (Å²) < 4.78 is 5.71. The molecule has 0 aliphatic heterocycles. The van der Waals surface area contributed by atoms with Gasteiger partial charge in [-0.1, -0.05) is 38.0 Å². The first-order valence-electron chi connectivity index (χ1n) is 6.99. The van der Waals surface area contributed by atoms with Crippen molar-refractivity contribution in [3.05, 3.63) is 36.4 Å². The molecule has 1 aromatic rings. The Morgan fingerprint density at radius 2 is 1.80 bits per heavy atom. The molecule has 0 atom stereocenters. The molecule has 1 aromatic carbocycles. The van der Waals surface area contributed by atoms with Gasteiger partial charge in [0.25, 0.3) is 0 Å². The van der Waals surface area contributed by atoms with Crippen molar-refractivity contribution in [1.82, 2.24) is 0 Å².